The van der Waals surface area contributed by atoms with Crippen molar-refractivity contribution >= 4 is 21.9 Å². The fraction of sp³-hybridized carbons (Fsp3) is 0.889. The molecule has 0 aromatic heterocycles. The molecule has 0 fully saturated rings. The number of alkyl halides is 1. The van der Waals surface area contributed by atoms with Crippen LogP contribution in [0, 0.1) is 11.8 Å². The highest BCUT2D eigenvalue weighted by Gasteiger charge is 2.16. The van der Waals surface area contributed by atoms with Gasteiger partial charge in [0.05, 0.1) is 7.11 Å². The maximum absolute atomic E-state index is 11.0. The highest BCUT2D eigenvalue weighted by atomic mass is 79.9. The van der Waals surface area contributed by atoms with Crippen LogP contribution in [0.25, 0.3) is 0 Å². The van der Waals surface area contributed by atoms with Crippen molar-refractivity contribution in [2.24, 2.45) is 11.8 Å². The molecule has 0 N–H and O–H groups in total. The molecule has 0 bridgehead atoms. The van der Waals surface area contributed by atoms with E-state index in [9.17, 15) is 4.79 Å². The summed E-state index contributed by atoms with van der Waals surface area (Å²) in [5, 5.41) is 0.951. The summed E-state index contributed by atoms with van der Waals surface area (Å²) in [5.41, 5.74) is 0. The van der Waals surface area contributed by atoms with Gasteiger partial charge in [0.2, 0.25) is 0 Å². The lowest BCUT2D eigenvalue weighted by atomic mass is 9.90. The lowest BCUT2D eigenvalue weighted by molar-refractivity contribution is -0.142. The number of hydrogen-bond donors (Lipinski definition) is 0. The molecule has 0 amide bonds. The van der Waals surface area contributed by atoms with E-state index >= 15 is 0 Å². The van der Waals surface area contributed by atoms with Crippen molar-refractivity contribution < 1.29 is 9.53 Å². The van der Waals surface area contributed by atoms with Gasteiger partial charge in [0.1, 0.15) is 0 Å². The first-order valence-corrected chi connectivity index (χ1v) is 5.36. The molecular formula is C9H17BrO2. The van der Waals surface area contributed by atoms with Crippen LogP contribution in [-0.2, 0) is 9.53 Å². The largest absolute Gasteiger partial charge is 0.469 e. The van der Waals surface area contributed by atoms with E-state index < -0.39 is 0 Å². The van der Waals surface area contributed by atoms with E-state index in [0.717, 1.165) is 11.8 Å². The van der Waals surface area contributed by atoms with Crippen LogP contribution in [-0.4, -0.2) is 18.4 Å². The molecule has 0 aromatic rings. The molecule has 0 aromatic carbocycles. The Morgan fingerprint density at radius 1 is 1.50 bits per heavy atom. The van der Waals surface area contributed by atoms with Gasteiger partial charge in [-0.05, 0) is 18.3 Å². The first-order chi connectivity index (χ1) is 5.61. The van der Waals surface area contributed by atoms with Gasteiger partial charge < -0.3 is 4.74 Å². The Kier molecular flexibility index (Phi) is 6.44. The summed E-state index contributed by atoms with van der Waals surface area (Å²) in [7, 11) is 1.44. The zero-order valence-corrected chi connectivity index (χ0v) is 9.56. The zero-order valence-electron chi connectivity index (χ0n) is 7.97. The van der Waals surface area contributed by atoms with Crippen LogP contribution in [0.1, 0.15) is 26.7 Å². The van der Waals surface area contributed by atoms with Gasteiger partial charge in [-0.2, -0.15) is 0 Å². The standard InChI is InChI=1S/C9H17BrO2/c1-7(2)8(4-5-10)6-9(11)12-3/h7-8H,4-6H2,1-3H3/t8-/m0/s1. The van der Waals surface area contributed by atoms with Crippen molar-refractivity contribution in [1.82, 2.24) is 0 Å². The van der Waals surface area contributed by atoms with E-state index in [1.54, 1.807) is 0 Å². The number of halogens is 1. The van der Waals surface area contributed by atoms with Crippen LogP contribution in [0.4, 0.5) is 0 Å². The van der Waals surface area contributed by atoms with Crippen molar-refractivity contribution in [2.45, 2.75) is 26.7 Å². The van der Waals surface area contributed by atoms with E-state index in [1.807, 2.05) is 0 Å². The number of carbonyl (C=O) groups excluding carboxylic acids is 1. The van der Waals surface area contributed by atoms with Crippen LogP contribution in [0.15, 0.2) is 0 Å². The SMILES string of the molecule is COC(=O)C[C@H](CCBr)C(C)C. The van der Waals surface area contributed by atoms with Crippen LogP contribution in [0.5, 0.6) is 0 Å². The molecule has 0 aliphatic carbocycles. The molecule has 0 rings (SSSR count). The molecule has 0 saturated carbocycles. The van der Waals surface area contributed by atoms with Crippen molar-refractivity contribution in [3.8, 4) is 0 Å². The van der Waals surface area contributed by atoms with E-state index in [0.29, 0.717) is 18.3 Å². The van der Waals surface area contributed by atoms with Gasteiger partial charge in [-0.1, -0.05) is 29.8 Å². The number of ether oxygens (including phenoxy) is 1. The quantitative estimate of drug-likeness (QED) is 0.542. The highest BCUT2D eigenvalue weighted by molar-refractivity contribution is 9.09. The van der Waals surface area contributed by atoms with Crippen molar-refractivity contribution in [1.29, 1.82) is 0 Å². The van der Waals surface area contributed by atoms with Crippen LogP contribution in [0.3, 0.4) is 0 Å². The first kappa shape index (κ1) is 11.9. The van der Waals surface area contributed by atoms with Gasteiger partial charge >= 0.3 is 5.97 Å². The van der Waals surface area contributed by atoms with E-state index in [2.05, 4.69) is 34.5 Å². The molecule has 0 spiro atoms. The van der Waals surface area contributed by atoms with Crippen LogP contribution < -0.4 is 0 Å². The minimum absolute atomic E-state index is 0.102. The average Bonchev–Trinajstić information content (AvgIpc) is 2.03. The summed E-state index contributed by atoms with van der Waals surface area (Å²) in [6, 6.07) is 0. The Hall–Kier alpha value is -0.0500. The smallest absolute Gasteiger partial charge is 0.305 e. The number of methoxy groups -OCH3 is 1. The lowest BCUT2D eigenvalue weighted by Crippen LogP contribution is -2.15. The third-order valence-corrected chi connectivity index (χ3v) is 2.54. The predicted molar refractivity (Wildman–Crippen MR) is 53.4 cm³/mol. The maximum atomic E-state index is 11.0. The second kappa shape index (κ2) is 6.46. The fourth-order valence-corrected chi connectivity index (χ4v) is 1.70. The van der Waals surface area contributed by atoms with Gasteiger partial charge in [-0.25, -0.2) is 0 Å². The summed E-state index contributed by atoms with van der Waals surface area (Å²) in [6.45, 7) is 4.27. The molecule has 0 radical (unpaired) electrons. The number of carbonyl (C=O) groups is 1. The Balaban J connectivity index is 3.86. The Morgan fingerprint density at radius 3 is 2.42 bits per heavy atom. The topological polar surface area (TPSA) is 26.3 Å². The minimum atomic E-state index is -0.102. The molecule has 12 heavy (non-hydrogen) atoms. The normalized spacial score (nSPS) is 13.1. The van der Waals surface area contributed by atoms with Gasteiger partial charge in [0.25, 0.3) is 0 Å². The molecule has 72 valence electrons. The molecule has 3 heteroatoms. The first-order valence-electron chi connectivity index (χ1n) is 4.24. The Morgan fingerprint density at radius 2 is 2.08 bits per heavy atom. The minimum Gasteiger partial charge on any atom is -0.469 e. The highest BCUT2D eigenvalue weighted by Crippen LogP contribution is 2.20. The summed E-state index contributed by atoms with van der Waals surface area (Å²) in [5.74, 6) is 0.883. The maximum Gasteiger partial charge on any atom is 0.305 e. The summed E-state index contributed by atoms with van der Waals surface area (Å²) in [6.07, 6.45) is 1.58. The summed E-state index contributed by atoms with van der Waals surface area (Å²) in [4.78, 5) is 11.0. The van der Waals surface area contributed by atoms with Crippen LogP contribution >= 0.6 is 15.9 Å². The lowest BCUT2D eigenvalue weighted by Gasteiger charge is -2.17. The van der Waals surface area contributed by atoms with E-state index in [4.69, 9.17) is 0 Å². The monoisotopic (exact) mass is 236 g/mol. The zero-order chi connectivity index (χ0) is 9.56. The van der Waals surface area contributed by atoms with Gasteiger partial charge in [-0.15, -0.1) is 0 Å². The molecule has 0 saturated heterocycles. The van der Waals surface area contributed by atoms with Crippen molar-refractivity contribution in [3.63, 3.8) is 0 Å². The molecule has 2 nitrogen and oxygen atoms in total. The van der Waals surface area contributed by atoms with Gasteiger partial charge in [0, 0.05) is 11.8 Å². The molecule has 1 atom stereocenters. The fourth-order valence-electron chi connectivity index (χ4n) is 1.11. The Labute approximate surface area is 82.8 Å². The summed E-state index contributed by atoms with van der Waals surface area (Å²) < 4.78 is 4.62. The molecule has 0 heterocycles. The van der Waals surface area contributed by atoms with Gasteiger partial charge in [-0.3, -0.25) is 4.79 Å². The van der Waals surface area contributed by atoms with Crippen molar-refractivity contribution in [2.75, 3.05) is 12.4 Å². The molecule has 0 aliphatic heterocycles. The number of hydrogen-bond acceptors (Lipinski definition) is 2. The summed E-state index contributed by atoms with van der Waals surface area (Å²) >= 11 is 3.38. The number of rotatable bonds is 5. The second-order valence-electron chi connectivity index (χ2n) is 3.26. The van der Waals surface area contributed by atoms with Crippen molar-refractivity contribution in [3.05, 3.63) is 0 Å². The second-order valence-corrected chi connectivity index (χ2v) is 4.06. The van der Waals surface area contributed by atoms with Gasteiger partial charge in [0.15, 0.2) is 0 Å². The van der Waals surface area contributed by atoms with E-state index in [-0.39, 0.29) is 5.97 Å². The predicted octanol–water partition coefficient (Wildman–Crippen LogP) is 2.61. The molecule has 0 unspecified atom stereocenters. The third-order valence-electron chi connectivity index (χ3n) is 2.08. The Bertz CT molecular complexity index is 134. The van der Waals surface area contributed by atoms with Crippen LogP contribution in [0.2, 0.25) is 0 Å². The number of esters is 1. The molecule has 0 aliphatic rings. The molecular weight excluding hydrogens is 220 g/mol. The average molecular weight is 237 g/mol. The third kappa shape index (κ3) is 4.75. The van der Waals surface area contributed by atoms with E-state index in [1.165, 1.54) is 7.11 Å².